The van der Waals surface area contributed by atoms with E-state index in [1.165, 1.54) is 5.56 Å². The zero-order valence-corrected chi connectivity index (χ0v) is 13.0. The molecule has 1 aliphatic rings. The van der Waals surface area contributed by atoms with Crippen LogP contribution in [0, 0.1) is 6.92 Å². The smallest absolute Gasteiger partial charge is 0.123 e. The maximum atomic E-state index is 6.65. The highest BCUT2D eigenvalue weighted by molar-refractivity contribution is 6.31. The first kappa shape index (κ1) is 13.8. The minimum absolute atomic E-state index is 0.185. The molecule has 0 aromatic heterocycles. The van der Waals surface area contributed by atoms with Crippen molar-refractivity contribution in [3.05, 3.63) is 63.7 Å². The molecule has 1 aliphatic heterocycles. The molecule has 1 heterocycles. The summed E-state index contributed by atoms with van der Waals surface area (Å²) in [6.07, 6.45) is 1.20. The lowest BCUT2D eigenvalue weighted by molar-refractivity contribution is 0.254. The molecule has 2 unspecified atom stereocenters. The Morgan fingerprint density at radius 1 is 1.25 bits per heavy atom. The van der Waals surface area contributed by atoms with Gasteiger partial charge in [0.2, 0.25) is 0 Å². The number of hydrogen-bond donors (Lipinski definition) is 0. The molecule has 3 rings (SSSR count). The molecule has 1 nitrogen and oxygen atoms in total. The van der Waals surface area contributed by atoms with Crippen molar-refractivity contribution in [3.63, 3.8) is 0 Å². The predicted octanol–water partition coefficient (Wildman–Crippen LogP) is 5.30. The van der Waals surface area contributed by atoms with Crippen LogP contribution in [-0.2, 0) is 6.42 Å². The molecule has 0 radical (unpaired) electrons. The Kier molecular flexibility index (Phi) is 3.66. The van der Waals surface area contributed by atoms with Crippen LogP contribution in [0.4, 0.5) is 0 Å². The Labute approximate surface area is 129 Å². The zero-order chi connectivity index (χ0) is 14.3. The van der Waals surface area contributed by atoms with Gasteiger partial charge in [-0.15, -0.1) is 11.6 Å². The van der Waals surface area contributed by atoms with E-state index in [0.29, 0.717) is 0 Å². The fourth-order valence-electron chi connectivity index (χ4n) is 2.68. The topological polar surface area (TPSA) is 9.23 Å². The summed E-state index contributed by atoms with van der Waals surface area (Å²) in [6.45, 7) is 4.09. The molecule has 0 spiro atoms. The molecule has 2 aromatic rings. The fraction of sp³-hybridized carbons (Fsp3) is 0.294. The molecule has 0 aliphatic carbocycles. The zero-order valence-electron chi connectivity index (χ0n) is 11.5. The van der Waals surface area contributed by atoms with E-state index in [9.17, 15) is 0 Å². The lowest BCUT2D eigenvalue weighted by Crippen LogP contribution is -2.05. The lowest BCUT2D eigenvalue weighted by atomic mass is 9.97. The molecule has 20 heavy (non-hydrogen) atoms. The van der Waals surface area contributed by atoms with Crippen LogP contribution in [0.1, 0.15) is 34.6 Å². The Morgan fingerprint density at radius 2 is 2.05 bits per heavy atom. The van der Waals surface area contributed by atoms with Crippen LogP contribution in [0.15, 0.2) is 36.4 Å². The van der Waals surface area contributed by atoms with E-state index in [1.807, 2.05) is 37.3 Å². The highest BCUT2D eigenvalue weighted by Crippen LogP contribution is 2.37. The summed E-state index contributed by atoms with van der Waals surface area (Å²) in [7, 11) is 0. The van der Waals surface area contributed by atoms with Crippen molar-refractivity contribution >= 4 is 23.2 Å². The molecule has 2 aromatic carbocycles. The van der Waals surface area contributed by atoms with Crippen molar-refractivity contribution < 1.29 is 4.74 Å². The molecule has 0 N–H and O–H groups in total. The number of hydrogen-bond acceptors (Lipinski definition) is 1. The Morgan fingerprint density at radius 3 is 2.85 bits per heavy atom. The first-order chi connectivity index (χ1) is 9.56. The van der Waals surface area contributed by atoms with Crippen molar-refractivity contribution in [3.8, 4) is 5.75 Å². The van der Waals surface area contributed by atoms with E-state index >= 15 is 0 Å². The van der Waals surface area contributed by atoms with Gasteiger partial charge in [0.1, 0.15) is 11.9 Å². The van der Waals surface area contributed by atoms with Crippen LogP contribution in [-0.4, -0.2) is 6.10 Å². The molecule has 0 bridgehead atoms. The summed E-state index contributed by atoms with van der Waals surface area (Å²) in [5.74, 6) is 0.980. The number of halogens is 2. The van der Waals surface area contributed by atoms with Crippen molar-refractivity contribution in [2.75, 3.05) is 0 Å². The van der Waals surface area contributed by atoms with Crippen LogP contribution >= 0.6 is 23.2 Å². The minimum Gasteiger partial charge on any atom is -0.490 e. The third kappa shape index (κ3) is 2.41. The molecule has 0 saturated heterocycles. The van der Waals surface area contributed by atoms with Crippen LogP contribution in [0.5, 0.6) is 5.75 Å². The van der Waals surface area contributed by atoms with Crippen molar-refractivity contribution in [1.82, 2.24) is 0 Å². The van der Waals surface area contributed by atoms with Gasteiger partial charge >= 0.3 is 0 Å². The average molecular weight is 307 g/mol. The maximum Gasteiger partial charge on any atom is 0.123 e. The van der Waals surface area contributed by atoms with Gasteiger partial charge < -0.3 is 4.74 Å². The molecule has 0 fully saturated rings. The number of ether oxygens (including phenoxy) is 1. The number of rotatable bonds is 2. The molecule has 0 amide bonds. The fourth-order valence-corrected chi connectivity index (χ4v) is 3.23. The lowest BCUT2D eigenvalue weighted by Gasteiger charge is -2.15. The molecule has 3 heteroatoms. The van der Waals surface area contributed by atoms with Crippen LogP contribution in [0.25, 0.3) is 0 Å². The highest BCUT2D eigenvalue weighted by atomic mass is 35.5. The normalized spacial score (nSPS) is 18.5. The second-order valence-corrected chi connectivity index (χ2v) is 6.16. The summed E-state index contributed by atoms with van der Waals surface area (Å²) < 4.78 is 5.73. The average Bonchev–Trinajstić information content (AvgIpc) is 2.80. The monoisotopic (exact) mass is 306 g/mol. The first-order valence-electron chi connectivity index (χ1n) is 6.75. The van der Waals surface area contributed by atoms with Gasteiger partial charge in [0.05, 0.1) is 5.38 Å². The third-order valence-corrected chi connectivity index (χ3v) is 4.69. The second-order valence-electron chi connectivity index (χ2n) is 5.32. The van der Waals surface area contributed by atoms with Crippen molar-refractivity contribution in [2.24, 2.45) is 0 Å². The van der Waals surface area contributed by atoms with E-state index in [1.54, 1.807) is 0 Å². The van der Waals surface area contributed by atoms with Crippen molar-refractivity contribution in [1.29, 1.82) is 0 Å². The van der Waals surface area contributed by atoms with E-state index < -0.39 is 0 Å². The van der Waals surface area contributed by atoms with Gasteiger partial charge in [-0.2, -0.15) is 0 Å². The molecule has 2 atom stereocenters. The summed E-state index contributed by atoms with van der Waals surface area (Å²) in [5, 5.41) is 0.571. The van der Waals surface area contributed by atoms with Crippen molar-refractivity contribution in [2.45, 2.75) is 31.7 Å². The molecular weight excluding hydrogens is 291 g/mol. The summed E-state index contributed by atoms with van der Waals surface area (Å²) in [4.78, 5) is 0. The van der Waals surface area contributed by atoms with Gasteiger partial charge in [-0.3, -0.25) is 0 Å². The van der Waals surface area contributed by atoms with Gasteiger partial charge in [0.25, 0.3) is 0 Å². The standard InChI is InChI=1S/C17H16Cl2O/c1-10-8-13-9-12(6-7-16(13)20-10)17(19)14-4-3-5-15(18)11(14)2/h3-7,9-10,17H,8H2,1-2H3. The predicted molar refractivity (Wildman–Crippen MR) is 84.1 cm³/mol. The summed E-state index contributed by atoms with van der Waals surface area (Å²) >= 11 is 12.8. The van der Waals surface area contributed by atoms with Gasteiger partial charge in [0.15, 0.2) is 0 Å². The maximum absolute atomic E-state index is 6.65. The van der Waals surface area contributed by atoms with Gasteiger partial charge in [0, 0.05) is 11.4 Å². The summed E-state index contributed by atoms with van der Waals surface area (Å²) in [6, 6.07) is 12.1. The highest BCUT2D eigenvalue weighted by Gasteiger charge is 2.21. The second kappa shape index (κ2) is 5.31. The number of fused-ring (bicyclic) bond motifs is 1. The molecule has 104 valence electrons. The van der Waals surface area contributed by atoms with Crippen LogP contribution in [0.2, 0.25) is 5.02 Å². The first-order valence-corrected chi connectivity index (χ1v) is 7.56. The van der Waals surface area contributed by atoms with Crippen LogP contribution in [0.3, 0.4) is 0 Å². The minimum atomic E-state index is -0.185. The SMILES string of the molecule is Cc1c(Cl)cccc1C(Cl)c1ccc2c(c1)CC(C)O2. The molecule has 0 saturated carbocycles. The summed E-state index contributed by atoms with van der Waals surface area (Å²) in [5.41, 5.74) is 4.43. The van der Waals surface area contributed by atoms with Gasteiger partial charge in [-0.05, 0) is 48.2 Å². The van der Waals surface area contributed by atoms with Gasteiger partial charge in [-0.1, -0.05) is 35.9 Å². The third-order valence-electron chi connectivity index (χ3n) is 3.80. The van der Waals surface area contributed by atoms with Gasteiger partial charge in [-0.25, -0.2) is 0 Å². The van der Waals surface area contributed by atoms with E-state index in [-0.39, 0.29) is 11.5 Å². The quantitative estimate of drug-likeness (QED) is 0.684. The largest absolute Gasteiger partial charge is 0.490 e. The van der Waals surface area contributed by atoms with E-state index in [0.717, 1.165) is 33.9 Å². The van der Waals surface area contributed by atoms with E-state index in [4.69, 9.17) is 27.9 Å². The Balaban J connectivity index is 1.97. The Hall–Kier alpha value is -1.18. The Bertz CT molecular complexity index is 651. The van der Waals surface area contributed by atoms with Crippen LogP contribution < -0.4 is 4.74 Å². The van der Waals surface area contributed by atoms with E-state index in [2.05, 4.69) is 13.0 Å². The molecular formula is C17H16Cl2O. The number of alkyl halides is 1. The number of benzene rings is 2.